The van der Waals surface area contributed by atoms with Crippen molar-refractivity contribution in [3.05, 3.63) is 48.1 Å². The van der Waals surface area contributed by atoms with Crippen LogP contribution in [0.5, 0.6) is 0 Å². The van der Waals surface area contributed by atoms with Crippen LogP contribution >= 0.6 is 0 Å². The van der Waals surface area contributed by atoms with Gasteiger partial charge in [0.2, 0.25) is 0 Å². The van der Waals surface area contributed by atoms with Crippen LogP contribution in [0, 0.1) is 5.92 Å². The van der Waals surface area contributed by atoms with Crippen molar-refractivity contribution in [1.82, 2.24) is 0 Å². The predicted octanol–water partition coefficient (Wildman–Crippen LogP) is 5.06. The molecular formula is C15H24. The van der Waals surface area contributed by atoms with Gasteiger partial charge in [0.1, 0.15) is 0 Å². The Morgan fingerprint density at radius 1 is 1.27 bits per heavy atom. The molecule has 0 radical (unpaired) electrons. The van der Waals surface area contributed by atoms with Crippen molar-refractivity contribution in [2.45, 2.75) is 40.5 Å². The average Bonchev–Trinajstić information content (AvgIpc) is 2.17. The second-order valence-corrected chi connectivity index (χ2v) is 4.22. The quantitative estimate of drug-likeness (QED) is 0.419. The van der Waals surface area contributed by atoms with Crippen molar-refractivity contribution >= 4 is 0 Å². The minimum absolute atomic E-state index is 0.593. The lowest BCUT2D eigenvalue weighted by molar-refractivity contribution is 0.662. The molecule has 0 saturated heterocycles. The van der Waals surface area contributed by atoms with Crippen LogP contribution in [0.3, 0.4) is 0 Å². The fourth-order valence-electron chi connectivity index (χ4n) is 1.47. The summed E-state index contributed by atoms with van der Waals surface area (Å²) in [7, 11) is 0. The molecule has 0 saturated carbocycles. The van der Waals surface area contributed by atoms with Gasteiger partial charge in [0.05, 0.1) is 0 Å². The molecule has 0 aromatic rings. The van der Waals surface area contributed by atoms with E-state index in [0.29, 0.717) is 5.92 Å². The standard InChI is InChI=1S/C15H24/c1-7-9-13(5)10-11-15(12(3)4)14(6)8-2/h7,10-11,14H,1,3,8-9H2,2,4-6H3. The van der Waals surface area contributed by atoms with E-state index < -0.39 is 0 Å². The lowest BCUT2D eigenvalue weighted by Crippen LogP contribution is -1.98. The molecule has 0 aliphatic heterocycles. The van der Waals surface area contributed by atoms with Crippen LogP contribution in [0.2, 0.25) is 0 Å². The third-order valence-electron chi connectivity index (χ3n) is 2.65. The van der Waals surface area contributed by atoms with E-state index >= 15 is 0 Å². The van der Waals surface area contributed by atoms with E-state index in [0.717, 1.165) is 12.8 Å². The SMILES string of the molecule is C=CCC(C)=CC=C(C(=C)C)C(C)CC. The number of rotatable bonds is 6. The Labute approximate surface area is 95.1 Å². The van der Waals surface area contributed by atoms with Gasteiger partial charge in [-0.25, -0.2) is 0 Å². The first kappa shape index (κ1) is 14.0. The van der Waals surface area contributed by atoms with E-state index in [-0.39, 0.29) is 0 Å². The number of hydrogen-bond donors (Lipinski definition) is 0. The van der Waals surface area contributed by atoms with Gasteiger partial charge < -0.3 is 0 Å². The van der Waals surface area contributed by atoms with E-state index in [1.165, 1.54) is 16.7 Å². The highest BCUT2D eigenvalue weighted by Gasteiger charge is 2.05. The fraction of sp³-hybridized carbons (Fsp3) is 0.467. The molecule has 0 aliphatic rings. The summed E-state index contributed by atoms with van der Waals surface area (Å²) >= 11 is 0. The molecule has 1 unspecified atom stereocenters. The van der Waals surface area contributed by atoms with E-state index in [1.807, 2.05) is 6.08 Å². The third-order valence-corrected chi connectivity index (χ3v) is 2.65. The Balaban J connectivity index is 4.77. The van der Waals surface area contributed by atoms with Gasteiger partial charge in [0.15, 0.2) is 0 Å². The molecule has 15 heavy (non-hydrogen) atoms. The molecule has 0 aromatic heterocycles. The molecule has 0 N–H and O–H groups in total. The summed E-state index contributed by atoms with van der Waals surface area (Å²) in [5.41, 5.74) is 3.87. The van der Waals surface area contributed by atoms with Gasteiger partial charge in [-0.1, -0.05) is 49.8 Å². The lowest BCUT2D eigenvalue weighted by Gasteiger charge is -2.13. The van der Waals surface area contributed by atoms with Crippen molar-refractivity contribution in [1.29, 1.82) is 0 Å². The second kappa shape index (κ2) is 7.28. The molecule has 0 bridgehead atoms. The van der Waals surface area contributed by atoms with Crippen LogP contribution in [0.25, 0.3) is 0 Å². The Hall–Kier alpha value is -1.04. The molecular weight excluding hydrogens is 180 g/mol. The zero-order valence-corrected chi connectivity index (χ0v) is 10.6. The summed E-state index contributed by atoms with van der Waals surface area (Å²) < 4.78 is 0. The van der Waals surface area contributed by atoms with Gasteiger partial charge in [-0.3, -0.25) is 0 Å². The molecule has 0 nitrogen and oxygen atoms in total. The summed E-state index contributed by atoms with van der Waals surface area (Å²) in [4.78, 5) is 0. The lowest BCUT2D eigenvalue weighted by atomic mass is 9.92. The van der Waals surface area contributed by atoms with Gasteiger partial charge in [-0.15, -0.1) is 6.58 Å². The molecule has 0 spiro atoms. The molecule has 1 atom stereocenters. The molecule has 0 aliphatic carbocycles. The van der Waals surface area contributed by atoms with E-state index in [1.54, 1.807) is 0 Å². The first-order chi connectivity index (χ1) is 7.02. The summed E-state index contributed by atoms with van der Waals surface area (Å²) in [5.74, 6) is 0.593. The Kier molecular flexibility index (Phi) is 6.77. The highest BCUT2D eigenvalue weighted by atomic mass is 14.1. The average molecular weight is 204 g/mol. The molecule has 0 amide bonds. The van der Waals surface area contributed by atoms with E-state index in [4.69, 9.17) is 0 Å². The topological polar surface area (TPSA) is 0 Å². The van der Waals surface area contributed by atoms with Crippen LogP contribution < -0.4 is 0 Å². The molecule has 0 aromatic carbocycles. The van der Waals surface area contributed by atoms with Crippen LogP contribution in [0.15, 0.2) is 48.1 Å². The molecule has 0 fully saturated rings. The zero-order chi connectivity index (χ0) is 11.8. The maximum absolute atomic E-state index is 4.03. The summed E-state index contributed by atoms with van der Waals surface area (Å²) in [6.07, 6.45) is 8.43. The van der Waals surface area contributed by atoms with Gasteiger partial charge in [-0.2, -0.15) is 0 Å². The Bertz CT molecular complexity index is 276. The fourth-order valence-corrected chi connectivity index (χ4v) is 1.47. The number of allylic oxidation sites excluding steroid dienone is 6. The van der Waals surface area contributed by atoms with Crippen LogP contribution in [0.4, 0.5) is 0 Å². The van der Waals surface area contributed by atoms with E-state index in [2.05, 4.69) is 53.0 Å². The van der Waals surface area contributed by atoms with Crippen LogP contribution in [0.1, 0.15) is 40.5 Å². The normalized spacial score (nSPS) is 14.9. The zero-order valence-electron chi connectivity index (χ0n) is 10.6. The van der Waals surface area contributed by atoms with Crippen molar-refractivity contribution in [3.8, 4) is 0 Å². The predicted molar refractivity (Wildman–Crippen MR) is 70.9 cm³/mol. The largest absolute Gasteiger partial charge is 0.103 e. The number of hydrogen-bond acceptors (Lipinski definition) is 0. The van der Waals surface area contributed by atoms with Gasteiger partial charge in [0.25, 0.3) is 0 Å². The Morgan fingerprint density at radius 3 is 2.27 bits per heavy atom. The summed E-state index contributed by atoms with van der Waals surface area (Å²) in [6.45, 7) is 16.4. The van der Waals surface area contributed by atoms with Crippen molar-refractivity contribution in [2.75, 3.05) is 0 Å². The maximum Gasteiger partial charge on any atom is -0.0141 e. The minimum atomic E-state index is 0.593. The molecule has 0 heteroatoms. The smallest absolute Gasteiger partial charge is 0.0141 e. The summed E-state index contributed by atoms with van der Waals surface area (Å²) in [6, 6.07) is 0. The van der Waals surface area contributed by atoms with Crippen molar-refractivity contribution in [3.63, 3.8) is 0 Å². The van der Waals surface area contributed by atoms with Crippen LogP contribution in [-0.2, 0) is 0 Å². The second-order valence-electron chi connectivity index (χ2n) is 4.22. The minimum Gasteiger partial charge on any atom is -0.103 e. The first-order valence-electron chi connectivity index (χ1n) is 5.67. The summed E-state index contributed by atoms with van der Waals surface area (Å²) in [5, 5.41) is 0. The van der Waals surface area contributed by atoms with Gasteiger partial charge in [0, 0.05) is 0 Å². The molecule has 0 heterocycles. The van der Waals surface area contributed by atoms with Crippen LogP contribution in [-0.4, -0.2) is 0 Å². The monoisotopic (exact) mass is 204 g/mol. The van der Waals surface area contributed by atoms with Gasteiger partial charge >= 0.3 is 0 Å². The van der Waals surface area contributed by atoms with Crippen molar-refractivity contribution < 1.29 is 0 Å². The first-order valence-corrected chi connectivity index (χ1v) is 5.67. The van der Waals surface area contributed by atoms with Crippen molar-refractivity contribution in [2.24, 2.45) is 5.92 Å². The highest BCUT2D eigenvalue weighted by molar-refractivity contribution is 5.32. The highest BCUT2D eigenvalue weighted by Crippen LogP contribution is 2.21. The molecule has 84 valence electrons. The van der Waals surface area contributed by atoms with E-state index in [9.17, 15) is 0 Å². The Morgan fingerprint density at radius 2 is 1.87 bits per heavy atom. The maximum atomic E-state index is 4.03. The van der Waals surface area contributed by atoms with Gasteiger partial charge in [-0.05, 0) is 38.2 Å². The molecule has 0 rings (SSSR count). The third kappa shape index (κ3) is 5.41.